The first-order valence-electron chi connectivity index (χ1n) is 4.25. The number of pyridine rings is 1. The van der Waals surface area contributed by atoms with Crippen LogP contribution in [0, 0.1) is 5.92 Å². The summed E-state index contributed by atoms with van der Waals surface area (Å²) in [7, 11) is 0. The number of aliphatic hydroxyl groups excluding tert-OH is 1. The molecule has 0 saturated carbocycles. The number of aromatic nitrogens is 1. The molecule has 1 aromatic rings. The predicted molar refractivity (Wildman–Crippen MR) is 51.8 cm³/mol. The summed E-state index contributed by atoms with van der Waals surface area (Å²) in [5.41, 5.74) is 11.7. The van der Waals surface area contributed by atoms with E-state index in [1.54, 1.807) is 18.3 Å². The van der Waals surface area contributed by atoms with Crippen molar-refractivity contribution in [3.63, 3.8) is 0 Å². The van der Waals surface area contributed by atoms with Gasteiger partial charge in [0.05, 0.1) is 6.10 Å². The van der Waals surface area contributed by atoms with Crippen LogP contribution < -0.4 is 11.5 Å². The fourth-order valence-corrected chi connectivity index (χ4v) is 1.12. The largest absolute Gasteiger partial charge is 0.388 e. The molecule has 0 radical (unpaired) electrons. The Hall–Kier alpha value is -1.13. The molecule has 0 spiro atoms. The van der Waals surface area contributed by atoms with Gasteiger partial charge in [-0.3, -0.25) is 0 Å². The molecule has 1 rings (SSSR count). The molecule has 13 heavy (non-hydrogen) atoms. The van der Waals surface area contributed by atoms with E-state index in [-0.39, 0.29) is 5.92 Å². The maximum Gasteiger partial charge on any atom is 0.129 e. The highest BCUT2D eigenvalue weighted by Gasteiger charge is 2.17. The molecule has 1 aromatic heterocycles. The molecule has 0 aromatic carbocycles. The van der Waals surface area contributed by atoms with E-state index in [4.69, 9.17) is 11.5 Å². The number of nitrogen functional groups attached to an aromatic ring is 1. The molecule has 72 valence electrons. The molecule has 4 nitrogen and oxygen atoms in total. The number of anilines is 1. The van der Waals surface area contributed by atoms with Gasteiger partial charge < -0.3 is 16.6 Å². The van der Waals surface area contributed by atoms with Crippen molar-refractivity contribution in [2.75, 3.05) is 12.3 Å². The number of nitrogens with zero attached hydrogens (tertiary/aromatic N) is 1. The van der Waals surface area contributed by atoms with Gasteiger partial charge in [0, 0.05) is 11.8 Å². The quantitative estimate of drug-likeness (QED) is 0.625. The van der Waals surface area contributed by atoms with E-state index in [9.17, 15) is 5.11 Å². The zero-order valence-electron chi connectivity index (χ0n) is 7.64. The van der Waals surface area contributed by atoms with E-state index < -0.39 is 6.10 Å². The topological polar surface area (TPSA) is 85.2 Å². The van der Waals surface area contributed by atoms with Crippen molar-refractivity contribution < 1.29 is 5.11 Å². The van der Waals surface area contributed by atoms with Crippen molar-refractivity contribution in [3.05, 3.63) is 23.9 Å². The van der Waals surface area contributed by atoms with Crippen molar-refractivity contribution in [2.24, 2.45) is 11.7 Å². The lowest BCUT2D eigenvalue weighted by Crippen LogP contribution is -2.19. The number of hydrogen-bond acceptors (Lipinski definition) is 4. The van der Waals surface area contributed by atoms with Gasteiger partial charge in [0.1, 0.15) is 5.82 Å². The summed E-state index contributed by atoms with van der Waals surface area (Å²) in [6.07, 6.45) is 0.970. The van der Waals surface area contributed by atoms with Crippen LogP contribution in [0.3, 0.4) is 0 Å². The van der Waals surface area contributed by atoms with Crippen LogP contribution in [0.2, 0.25) is 0 Å². The Labute approximate surface area is 77.6 Å². The average Bonchev–Trinajstić information content (AvgIpc) is 2.16. The van der Waals surface area contributed by atoms with Crippen LogP contribution in [-0.2, 0) is 0 Å². The highest BCUT2D eigenvalue weighted by molar-refractivity contribution is 5.40. The normalized spacial score (nSPS) is 15.3. The fourth-order valence-electron chi connectivity index (χ4n) is 1.12. The molecule has 2 atom stereocenters. The maximum absolute atomic E-state index is 9.77. The smallest absolute Gasteiger partial charge is 0.129 e. The summed E-state index contributed by atoms with van der Waals surface area (Å²) in [5.74, 6) is 0.363. The second-order valence-corrected chi connectivity index (χ2v) is 3.14. The number of nitrogens with two attached hydrogens (primary N) is 2. The second kappa shape index (κ2) is 4.20. The van der Waals surface area contributed by atoms with Gasteiger partial charge in [0.25, 0.3) is 0 Å². The van der Waals surface area contributed by atoms with Gasteiger partial charge >= 0.3 is 0 Å². The van der Waals surface area contributed by atoms with Crippen LogP contribution in [0.25, 0.3) is 0 Å². The van der Waals surface area contributed by atoms with Crippen molar-refractivity contribution in [1.29, 1.82) is 0 Å². The summed E-state index contributed by atoms with van der Waals surface area (Å²) < 4.78 is 0. The van der Waals surface area contributed by atoms with E-state index in [0.29, 0.717) is 17.9 Å². The Kier molecular flexibility index (Phi) is 3.22. The van der Waals surface area contributed by atoms with Crippen molar-refractivity contribution in [1.82, 2.24) is 4.98 Å². The van der Waals surface area contributed by atoms with E-state index in [2.05, 4.69) is 4.98 Å². The lowest BCUT2D eigenvalue weighted by Gasteiger charge is -2.17. The zero-order chi connectivity index (χ0) is 9.84. The first-order valence-corrected chi connectivity index (χ1v) is 4.25. The minimum Gasteiger partial charge on any atom is -0.388 e. The molecule has 5 N–H and O–H groups in total. The van der Waals surface area contributed by atoms with Crippen LogP contribution in [-0.4, -0.2) is 16.6 Å². The Morgan fingerprint density at radius 2 is 2.31 bits per heavy atom. The van der Waals surface area contributed by atoms with Gasteiger partial charge in [0.2, 0.25) is 0 Å². The maximum atomic E-state index is 9.77. The Morgan fingerprint density at radius 1 is 1.62 bits per heavy atom. The van der Waals surface area contributed by atoms with Gasteiger partial charge in [-0.2, -0.15) is 0 Å². The third-order valence-electron chi connectivity index (χ3n) is 2.10. The van der Waals surface area contributed by atoms with E-state index in [1.807, 2.05) is 6.92 Å². The highest BCUT2D eigenvalue weighted by Crippen LogP contribution is 2.23. The number of aliphatic hydroxyl groups is 1. The molecule has 0 bridgehead atoms. The standard InChI is InChI=1S/C9H15N3O/c1-6(5-10)8(13)7-3-2-4-12-9(7)11/h2-4,6,8,13H,5,10H2,1H3,(H2,11,12). The van der Waals surface area contributed by atoms with Crippen molar-refractivity contribution in [2.45, 2.75) is 13.0 Å². The minimum absolute atomic E-state index is 0.00787. The van der Waals surface area contributed by atoms with E-state index in [0.717, 1.165) is 0 Å². The van der Waals surface area contributed by atoms with Gasteiger partial charge in [-0.1, -0.05) is 13.0 Å². The van der Waals surface area contributed by atoms with E-state index in [1.165, 1.54) is 0 Å². The second-order valence-electron chi connectivity index (χ2n) is 3.14. The average molecular weight is 181 g/mol. The third-order valence-corrected chi connectivity index (χ3v) is 2.10. The lowest BCUT2D eigenvalue weighted by atomic mass is 9.98. The van der Waals surface area contributed by atoms with Crippen molar-refractivity contribution in [3.8, 4) is 0 Å². The van der Waals surface area contributed by atoms with Crippen LogP contribution >= 0.6 is 0 Å². The molecule has 4 heteroatoms. The third kappa shape index (κ3) is 2.17. The van der Waals surface area contributed by atoms with Crippen LogP contribution in [0.1, 0.15) is 18.6 Å². The molecular weight excluding hydrogens is 166 g/mol. The Balaban J connectivity index is 2.88. The molecular formula is C9H15N3O. The summed E-state index contributed by atoms with van der Waals surface area (Å²) in [6, 6.07) is 3.51. The summed E-state index contributed by atoms with van der Waals surface area (Å²) in [6.45, 7) is 2.30. The van der Waals surface area contributed by atoms with Crippen molar-refractivity contribution >= 4 is 5.82 Å². The first kappa shape index (κ1) is 9.95. The first-order chi connectivity index (χ1) is 6.16. The summed E-state index contributed by atoms with van der Waals surface area (Å²) in [4.78, 5) is 3.89. The number of rotatable bonds is 3. The minimum atomic E-state index is -0.626. The van der Waals surface area contributed by atoms with Gasteiger partial charge in [-0.05, 0) is 18.5 Å². The predicted octanol–water partition coefficient (Wildman–Crippen LogP) is 0.292. The van der Waals surface area contributed by atoms with Gasteiger partial charge in [-0.15, -0.1) is 0 Å². The monoisotopic (exact) mass is 181 g/mol. The molecule has 0 aliphatic carbocycles. The SMILES string of the molecule is CC(CN)C(O)c1cccnc1N. The highest BCUT2D eigenvalue weighted by atomic mass is 16.3. The van der Waals surface area contributed by atoms with Gasteiger partial charge in [-0.25, -0.2) is 4.98 Å². The molecule has 0 saturated heterocycles. The summed E-state index contributed by atoms with van der Waals surface area (Å²) in [5, 5.41) is 9.77. The zero-order valence-corrected chi connectivity index (χ0v) is 7.64. The molecule has 0 aliphatic rings. The molecule has 0 fully saturated rings. The Bertz CT molecular complexity index is 277. The Morgan fingerprint density at radius 3 is 2.85 bits per heavy atom. The molecule has 2 unspecified atom stereocenters. The van der Waals surface area contributed by atoms with Crippen LogP contribution in [0.5, 0.6) is 0 Å². The van der Waals surface area contributed by atoms with E-state index >= 15 is 0 Å². The molecule has 0 amide bonds. The summed E-state index contributed by atoms with van der Waals surface area (Å²) >= 11 is 0. The molecule has 1 heterocycles. The number of hydrogen-bond donors (Lipinski definition) is 3. The lowest BCUT2D eigenvalue weighted by molar-refractivity contribution is 0.122. The van der Waals surface area contributed by atoms with Crippen LogP contribution in [0.15, 0.2) is 18.3 Å². The fraction of sp³-hybridized carbons (Fsp3) is 0.444. The van der Waals surface area contributed by atoms with Crippen LogP contribution in [0.4, 0.5) is 5.82 Å². The molecule has 0 aliphatic heterocycles. The van der Waals surface area contributed by atoms with Gasteiger partial charge in [0.15, 0.2) is 0 Å².